The number of aliphatic imine (C=N–C) groups is 1. The summed E-state index contributed by atoms with van der Waals surface area (Å²) < 4.78 is 0. The minimum atomic E-state index is 0.195. The molecular formula is C23H31N5. The minimum absolute atomic E-state index is 0.195. The van der Waals surface area contributed by atoms with Crippen LogP contribution in [0.1, 0.15) is 44.2 Å². The second kappa shape index (κ2) is 9.31. The molecule has 0 saturated carbocycles. The van der Waals surface area contributed by atoms with Gasteiger partial charge in [0.25, 0.3) is 0 Å². The Balaban J connectivity index is 2.22. The molecule has 2 rings (SSSR count). The Morgan fingerprint density at radius 2 is 2.14 bits per heavy atom. The van der Waals surface area contributed by atoms with E-state index in [1.165, 1.54) is 6.21 Å². The van der Waals surface area contributed by atoms with Gasteiger partial charge >= 0.3 is 0 Å². The Morgan fingerprint density at radius 3 is 2.75 bits per heavy atom. The molecule has 0 spiro atoms. The van der Waals surface area contributed by atoms with Crippen molar-refractivity contribution in [1.29, 1.82) is 10.8 Å². The third kappa shape index (κ3) is 5.28. The van der Waals surface area contributed by atoms with Crippen molar-refractivity contribution in [2.45, 2.75) is 33.1 Å². The molecule has 0 fully saturated rings. The lowest BCUT2D eigenvalue weighted by molar-refractivity contribution is 0.315. The molecule has 0 saturated heterocycles. The Bertz CT molecular complexity index is 856. The first-order chi connectivity index (χ1) is 13.3. The maximum atomic E-state index is 8.63. The number of nitrogens with zero attached hydrogens (tertiary/aromatic N) is 1. The highest BCUT2D eigenvalue weighted by atomic mass is 14.9. The average Bonchev–Trinajstić information content (AvgIpc) is 2.67. The topological polar surface area (TPSA) is 98.1 Å². The normalized spacial score (nSPS) is 16.9. The summed E-state index contributed by atoms with van der Waals surface area (Å²) >= 11 is 0. The largest absolute Gasteiger partial charge is 0.402 e. The molecule has 0 atom stereocenters. The van der Waals surface area contributed by atoms with Crippen LogP contribution in [-0.4, -0.2) is 31.7 Å². The number of anilines is 1. The Kier molecular flexibility index (Phi) is 7.10. The van der Waals surface area contributed by atoms with Crippen molar-refractivity contribution in [1.82, 2.24) is 0 Å². The Hall–Kier alpha value is -2.95. The highest BCUT2D eigenvalue weighted by Crippen LogP contribution is 2.37. The molecule has 1 aromatic rings. The van der Waals surface area contributed by atoms with E-state index < -0.39 is 0 Å². The van der Waals surface area contributed by atoms with Crippen molar-refractivity contribution in [3.63, 3.8) is 0 Å². The molecular weight excluding hydrogens is 346 g/mol. The van der Waals surface area contributed by atoms with Crippen LogP contribution in [0.2, 0.25) is 0 Å². The van der Waals surface area contributed by atoms with Crippen LogP contribution in [0.15, 0.2) is 58.8 Å². The minimum Gasteiger partial charge on any atom is -0.402 e. The van der Waals surface area contributed by atoms with Crippen molar-refractivity contribution in [2.24, 2.45) is 16.1 Å². The van der Waals surface area contributed by atoms with Crippen LogP contribution in [0, 0.1) is 16.2 Å². The van der Waals surface area contributed by atoms with Gasteiger partial charge in [-0.2, -0.15) is 0 Å². The van der Waals surface area contributed by atoms with Gasteiger partial charge in [0, 0.05) is 48.5 Å². The van der Waals surface area contributed by atoms with E-state index in [-0.39, 0.29) is 5.41 Å². The van der Waals surface area contributed by atoms with Gasteiger partial charge in [-0.25, -0.2) is 0 Å². The van der Waals surface area contributed by atoms with Gasteiger partial charge in [-0.05, 0) is 54.0 Å². The second-order valence-corrected chi connectivity index (χ2v) is 7.87. The molecule has 0 bridgehead atoms. The zero-order chi connectivity index (χ0) is 20.7. The number of nitrogens with one attached hydrogen (secondary N) is 3. The maximum absolute atomic E-state index is 8.63. The summed E-state index contributed by atoms with van der Waals surface area (Å²) in [4.78, 5) is 3.95. The third-order valence-electron chi connectivity index (χ3n) is 5.09. The van der Waals surface area contributed by atoms with E-state index in [0.29, 0.717) is 12.3 Å². The fourth-order valence-corrected chi connectivity index (χ4v) is 3.36. The summed E-state index contributed by atoms with van der Waals surface area (Å²) in [5, 5.41) is 19.7. The molecule has 1 aromatic carbocycles. The zero-order valence-electron chi connectivity index (χ0n) is 17.1. The smallest absolute Gasteiger partial charge is 0.0661 e. The zero-order valence-corrected chi connectivity index (χ0v) is 17.1. The number of rotatable bonds is 8. The molecule has 0 unspecified atom stereocenters. The van der Waals surface area contributed by atoms with E-state index in [1.54, 1.807) is 19.3 Å². The van der Waals surface area contributed by atoms with Crippen molar-refractivity contribution in [3.05, 3.63) is 64.9 Å². The standard InChI is InChI=1S/C23H31N5/c1-5-16(9-11-27-4)15-28-21-7-6-17(12-18(21)14-24)22(26)19-8-10-23(2,3)13-20(19)25/h5-7,9,11-12,14,24,26,28H,1,8,10,13,15,25H2,2-4H3/b16-9+,24-14?,26-22?,27-11?. The number of allylic oxidation sites excluding steroid dienone is 3. The van der Waals surface area contributed by atoms with Crippen molar-refractivity contribution in [2.75, 3.05) is 18.9 Å². The summed E-state index contributed by atoms with van der Waals surface area (Å²) in [6.45, 7) is 8.83. The fourth-order valence-electron chi connectivity index (χ4n) is 3.36. The van der Waals surface area contributed by atoms with Crippen LogP contribution in [0.25, 0.3) is 0 Å². The van der Waals surface area contributed by atoms with Gasteiger partial charge in [0.1, 0.15) is 0 Å². The van der Waals surface area contributed by atoms with Crippen LogP contribution >= 0.6 is 0 Å². The molecule has 28 heavy (non-hydrogen) atoms. The van der Waals surface area contributed by atoms with Gasteiger partial charge < -0.3 is 16.5 Å². The predicted octanol–water partition coefficient (Wildman–Crippen LogP) is 4.70. The van der Waals surface area contributed by atoms with E-state index in [9.17, 15) is 0 Å². The molecule has 0 aromatic heterocycles. The Morgan fingerprint density at radius 1 is 1.39 bits per heavy atom. The van der Waals surface area contributed by atoms with E-state index in [2.05, 4.69) is 30.7 Å². The molecule has 5 heteroatoms. The van der Waals surface area contributed by atoms with Crippen LogP contribution in [0.4, 0.5) is 5.69 Å². The summed E-state index contributed by atoms with van der Waals surface area (Å²) in [6.07, 6.45) is 9.39. The summed E-state index contributed by atoms with van der Waals surface area (Å²) in [6, 6.07) is 5.72. The fraction of sp³-hybridized carbons (Fsp3) is 0.348. The number of hydrogen-bond acceptors (Lipinski definition) is 5. The highest BCUT2D eigenvalue weighted by Gasteiger charge is 2.27. The van der Waals surface area contributed by atoms with Crippen LogP contribution in [0.5, 0.6) is 0 Å². The van der Waals surface area contributed by atoms with Crippen molar-refractivity contribution >= 4 is 23.8 Å². The molecule has 148 valence electrons. The van der Waals surface area contributed by atoms with Gasteiger partial charge in [-0.1, -0.05) is 32.6 Å². The summed E-state index contributed by atoms with van der Waals surface area (Å²) in [7, 11) is 1.72. The number of nitrogens with two attached hydrogens (primary N) is 1. The van der Waals surface area contributed by atoms with Crippen LogP contribution in [-0.2, 0) is 0 Å². The van der Waals surface area contributed by atoms with Crippen LogP contribution < -0.4 is 11.1 Å². The average molecular weight is 378 g/mol. The van der Waals surface area contributed by atoms with Gasteiger partial charge in [0.2, 0.25) is 0 Å². The molecule has 0 radical (unpaired) electrons. The first-order valence-corrected chi connectivity index (χ1v) is 9.50. The quantitative estimate of drug-likeness (QED) is 0.390. The molecule has 0 aliphatic heterocycles. The van der Waals surface area contributed by atoms with Crippen molar-refractivity contribution in [3.8, 4) is 0 Å². The number of hydrogen-bond donors (Lipinski definition) is 4. The van der Waals surface area contributed by atoms with E-state index in [4.69, 9.17) is 16.6 Å². The number of benzene rings is 1. The first kappa shape index (κ1) is 21.4. The molecule has 0 amide bonds. The van der Waals surface area contributed by atoms with Gasteiger partial charge in [0.05, 0.1) is 5.71 Å². The molecule has 1 aliphatic rings. The van der Waals surface area contributed by atoms with Gasteiger partial charge in [-0.15, -0.1) is 0 Å². The second-order valence-electron chi connectivity index (χ2n) is 7.87. The molecule has 0 heterocycles. The SMILES string of the molecule is C=C/C(=C\C=NC)CNc1ccc(C(=N)C2=C(N)CC(C)(C)CC2)cc1C=N. The van der Waals surface area contributed by atoms with E-state index in [1.807, 2.05) is 24.3 Å². The summed E-state index contributed by atoms with van der Waals surface area (Å²) in [5.41, 5.74) is 12.1. The monoisotopic (exact) mass is 377 g/mol. The lowest BCUT2D eigenvalue weighted by Gasteiger charge is -2.32. The Labute approximate surface area is 168 Å². The van der Waals surface area contributed by atoms with Gasteiger partial charge in [0.15, 0.2) is 0 Å². The van der Waals surface area contributed by atoms with Crippen molar-refractivity contribution < 1.29 is 0 Å². The highest BCUT2D eigenvalue weighted by molar-refractivity contribution is 6.12. The maximum Gasteiger partial charge on any atom is 0.0661 e. The third-order valence-corrected chi connectivity index (χ3v) is 5.09. The lowest BCUT2D eigenvalue weighted by Crippen LogP contribution is -2.25. The lowest BCUT2D eigenvalue weighted by atomic mass is 9.75. The predicted molar refractivity (Wildman–Crippen MR) is 121 cm³/mol. The molecule has 1 aliphatic carbocycles. The van der Waals surface area contributed by atoms with Gasteiger partial charge in [-0.3, -0.25) is 10.4 Å². The molecule has 5 nitrogen and oxygen atoms in total. The summed E-state index contributed by atoms with van der Waals surface area (Å²) in [5.74, 6) is 0. The first-order valence-electron chi connectivity index (χ1n) is 9.50. The molecule has 5 N–H and O–H groups in total. The van der Waals surface area contributed by atoms with Crippen LogP contribution in [0.3, 0.4) is 0 Å². The van der Waals surface area contributed by atoms with E-state index >= 15 is 0 Å². The van der Waals surface area contributed by atoms with E-state index in [0.717, 1.165) is 52.9 Å².